The summed E-state index contributed by atoms with van der Waals surface area (Å²) in [6.07, 6.45) is 3.41. The van der Waals surface area contributed by atoms with E-state index in [1.807, 2.05) is 24.3 Å². The highest BCUT2D eigenvalue weighted by molar-refractivity contribution is 5.96. The number of rotatable bonds is 7. The summed E-state index contributed by atoms with van der Waals surface area (Å²) in [5.74, 6) is 0.542. The molecule has 2 aromatic rings. The number of nitrogens with zero attached hydrogens (tertiary/aromatic N) is 2. The van der Waals surface area contributed by atoms with E-state index in [1.165, 1.54) is 7.11 Å². The minimum atomic E-state index is -0.814. The lowest BCUT2D eigenvalue weighted by molar-refractivity contribution is -0.158. The first kappa shape index (κ1) is 21.6. The number of esters is 1. The number of carbonyl (C=O) groups excluding carboxylic acids is 2. The van der Waals surface area contributed by atoms with Crippen LogP contribution in [-0.2, 0) is 16.0 Å². The zero-order valence-corrected chi connectivity index (χ0v) is 17.7. The lowest BCUT2D eigenvalue weighted by Gasteiger charge is -2.41. The molecule has 1 atom stereocenters. The molecule has 0 saturated carbocycles. The Balaban J connectivity index is 1.91. The summed E-state index contributed by atoms with van der Waals surface area (Å²) in [7, 11) is 3.10. The van der Waals surface area contributed by atoms with Crippen LogP contribution in [0.15, 0.2) is 42.6 Å². The summed E-state index contributed by atoms with van der Waals surface area (Å²) in [5.41, 5.74) is 0.544. The van der Waals surface area contributed by atoms with Gasteiger partial charge in [0.05, 0.1) is 26.2 Å². The van der Waals surface area contributed by atoms with Crippen LogP contribution in [0.2, 0.25) is 0 Å². The maximum absolute atomic E-state index is 13.2. The number of carbonyl (C=O) groups is 2. The Hall–Kier alpha value is -3.09. The number of piperidine rings is 1. The van der Waals surface area contributed by atoms with Crippen LogP contribution in [0.1, 0.15) is 35.7 Å². The van der Waals surface area contributed by atoms with Gasteiger partial charge in [-0.05, 0) is 56.0 Å². The van der Waals surface area contributed by atoms with Crippen LogP contribution in [0.5, 0.6) is 11.6 Å². The van der Waals surface area contributed by atoms with Gasteiger partial charge in [0, 0.05) is 19.3 Å². The molecular weight excluding hydrogens is 384 g/mol. The Morgan fingerprint density at radius 2 is 2.00 bits per heavy atom. The second-order valence-corrected chi connectivity index (χ2v) is 7.42. The Morgan fingerprint density at radius 3 is 2.73 bits per heavy atom. The van der Waals surface area contributed by atoms with Crippen molar-refractivity contribution < 1.29 is 23.8 Å². The van der Waals surface area contributed by atoms with E-state index in [2.05, 4.69) is 4.98 Å². The van der Waals surface area contributed by atoms with Gasteiger partial charge < -0.3 is 19.1 Å². The highest BCUT2D eigenvalue weighted by atomic mass is 16.5. The zero-order chi connectivity index (χ0) is 21.6. The topological polar surface area (TPSA) is 78.0 Å². The molecule has 7 heteroatoms. The molecule has 1 fully saturated rings. The van der Waals surface area contributed by atoms with Gasteiger partial charge in [-0.3, -0.25) is 9.59 Å². The fourth-order valence-electron chi connectivity index (χ4n) is 4.03. The number of likely N-dealkylation sites (tertiary alicyclic amines) is 1. The summed E-state index contributed by atoms with van der Waals surface area (Å²) in [6.45, 7) is 2.93. The molecule has 1 aliphatic heterocycles. The number of benzene rings is 1. The molecule has 160 valence electrons. The largest absolute Gasteiger partial charge is 0.497 e. The van der Waals surface area contributed by atoms with Crippen molar-refractivity contribution in [1.82, 2.24) is 9.88 Å². The van der Waals surface area contributed by atoms with Crippen molar-refractivity contribution in [2.75, 3.05) is 33.9 Å². The van der Waals surface area contributed by atoms with Crippen molar-refractivity contribution in [2.45, 2.75) is 26.2 Å². The van der Waals surface area contributed by atoms with Gasteiger partial charge in [-0.25, -0.2) is 4.98 Å². The van der Waals surface area contributed by atoms with E-state index in [4.69, 9.17) is 14.2 Å². The molecule has 1 amide bonds. The zero-order valence-electron chi connectivity index (χ0n) is 17.7. The molecule has 0 spiro atoms. The second-order valence-electron chi connectivity index (χ2n) is 7.42. The summed E-state index contributed by atoms with van der Waals surface area (Å²) in [6, 6.07) is 11.1. The summed E-state index contributed by atoms with van der Waals surface area (Å²) in [4.78, 5) is 32.1. The molecule has 3 rings (SSSR count). The van der Waals surface area contributed by atoms with Crippen molar-refractivity contribution in [1.29, 1.82) is 0 Å². The minimum Gasteiger partial charge on any atom is -0.497 e. The smallest absolute Gasteiger partial charge is 0.314 e. The lowest BCUT2D eigenvalue weighted by atomic mass is 9.75. The first-order valence-electron chi connectivity index (χ1n) is 10.1. The van der Waals surface area contributed by atoms with Gasteiger partial charge in [0.2, 0.25) is 5.88 Å². The SMILES string of the molecule is CCOC(=O)C1(Cc2cccc(OC)c2)CCCN(C(=O)c2cccnc2OC)C1. The van der Waals surface area contributed by atoms with Crippen LogP contribution in [0.4, 0.5) is 0 Å². The van der Waals surface area contributed by atoms with Crippen LogP contribution in [0.25, 0.3) is 0 Å². The van der Waals surface area contributed by atoms with Gasteiger partial charge in [0.25, 0.3) is 5.91 Å². The van der Waals surface area contributed by atoms with Crippen LogP contribution in [0.3, 0.4) is 0 Å². The predicted molar refractivity (Wildman–Crippen MR) is 112 cm³/mol. The van der Waals surface area contributed by atoms with Crippen LogP contribution < -0.4 is 9.47 Å². The summed E-state index contributed by atoms with van der Waals surface area (Å²) in [5, 5.41) is 0. The molecule has 1 aromatic heterocycles. The maximum Gasteiger partial charge on any atom is 0.314 e. The number of methoxy groups -OCH3 is 2. The van der Waals surface area contributed by atoms with E-state index >= 15 is 0 Å². The van der Waals surface area contributed by atoms with E-state index in [0.29, 0.717) is 38.0 Å². The average molecular weight is 412 g/mol. The monoisotopic (exact) mass is 412 g/mol. The predicted octanol–water partition coefficient (Wildman–Crippen LogP) is 3.13. The third kappa shape index (κ3) is 4.56. The number of hydrogen-bond donors (Lipinski definition) is 0. The number of hydrogen-bond acceptors (Lipinski definition) is 6. The number of aromatic nitrogens is 1. The first-order chi connectivity index (χ1) is 14.5. The van der Waals surface area contributed by atoms with Gasteiger partial charge in [0.1, 0.15) is 11.3 Å². The molecule has 0 bridgehead atoms. The molecule has 0 N–H and O–H groups in total. The van der Waals surface area contributed by atoms with E-state index in [9.17, 15) is 9.59 Å². The van der Waals surface area contributed by atoms with Gasteiger partial charge in [-0.1, -0.05) is 12.1 Å². The van der Waals surface area contributed by atoms with Gasteiger partial charge in [-0.2, -0.15) is 0 Å². The third-order valence-electron chi connectivity index (χ3n) is 5.44. The fraction of sp³-hybridized carbons (Fsp3) is 0.435. The molecule has 0 radical (unpaired) electrons. The highest BCUT2D eigenvalue weighted by Crippen LogP contribution is 2.37. The second kappa shape index (κ2) is 9.61. The molecule has 30 heavy (non-hydrogen) atoms. The molecule has 7 nitrogen and oxygen atoms in total. The van der Waals surface area contributed by atoms with Gasteiger partial charge in [0.15, 0.2) is 0 Å². The minimum absolute atomic E-state index is 0.195. The highest BCUT2D eigenvalue weighted by Gasteiger charge is 2.45. The summed E-state index contributed by atoms with van der Waals surface area (Å²) < 4.78 is 16.0. The molecule has 0 aliphatic carbocycles. The van der Waals surface area contributed by atoms with E-state index in [0.717, 1.165) is 11.3 Å². The summed E-state index contributed by atoms with van der Waals surface area (Å²) >= 11 is 0. The fourth-order valence-corrected chi connectivity index (χ4v) is 4.03. The first-order valence-corrected chi connectivity index (χ1v) is 10.1. The number of pyridine rings is 1. The van der Waals surface area contributed by atoms with Crippen molar-refractivity contribution >= 4 is 11.9 Å². The third-order valence-corrected chi connectivity index (χ3v) is 5.44. The molecule has 1 aromatic carbocycles. The van der Waals surface area contributed by atoms with Crippen LogP contribution >= 0.6 is 0 Å². The van der Waals surface area contributed by atoms with Crippen molar-refractivity contribution in [3.63, 3.8) is 0 Å². The molecule has 1 unspecified atom stereocenters. The quantitative estimate of drug-likeness (QED) is 0.650. The van der Waals surface area contributed by atoms with E-state index in [1.54, 1.807) is 37.3 Å². The number of ether oxygens (including phenoxy) is 3. The molecule has 2 heterocycles. The Kier molecular flexibility index (Phi) is 6.92. The average Bonchev–Trinajstić information content (AvgIpc) is 2.79. The molecular formula is C23H28N2O5. The standard InChI is InChI=1S/C23H28N2O5/c1-4-30-22(27)23(15-17-8-5-9-18(14-17)28-2)11-7-13-25(16-23)21(26)19-10-6-12-24-20(19)29-3/h5-6,8-10,12,14H,4,7,11,13,15-16H2,1-3H3. The Bertz CT molecular complexity index is 901. The normalized spacial score (nSPS) is 18.6. The van der Waals surface area contributed by atoms with Crippen molar-refractivity contribution in [3.8, 4) is 11.6 Å². The van der Waals surface area contributed by atoms with Crippen molar-refractivity contribution in [3.05, 3.63) is 53.7 Å². The van der Waals surface area contributed by atoms with E-state index < -0.39 is 5.41 Å². The lowest BCUT2D eigenvalue weighted by Crippen LogP contribution is -2.51. The Morgan fingerprint density at radius 1 is 1.17 bits per heavy atom. The van der Waals surface area contributed by atoms with Gasteiger partial charge in [-0.15, -0.1) is 0 Å². The van der Waals surface area contributed by atoms with Crippen LogP contribution in [-0.4, -0.2) is 55.7 Å². The molecule has 1 aliphatic rings. The van der Waals surface area contributed by atoms with Crippen molar-refractivity contribution in [2.24, 2.45) is 5.41 Å². The van der Waals surface area contributed by atoms with Crippen LogP contribution in [0, 0.1) is 5.41 Å². The van der Waals surface area contributed by atoms with E-state index in [-0.39, 0.29) is 24.3 Å². The van der Waals surface area contributed by atoms with Gasteiger partial charge >= 0.3 is 5.97 Å². The Labute approximate surface area is 177 Å². The molecule has 1 saturated heterocycles. The number of amides is 1. The maximum atomic E-state index is 13.2.